The summed E-state index contributed by atoms with van der Waals surface area (Å²) in [6, 6.07) is 0. The lowest BCUT2D eigenvalue weighted by atomic mass is 10.1. The molecule has 1 aromatic rings. The maximum absolute atomic E-state index is 12.2. The predicted octanol–water partition coefficient (Wildman–Crippen LogP) is 1.75. The van der Waals surface area contributed by atoms with Gasteiger partial charge in [-0.3, -0.25) is 4.79 Å². The Morgan fingerprint density at radius 1 is 1.50 bits per heavy atom. The standard InChI is InChI=1S/C14H19BrN4O/c15-13-12(17-7-10-3-5-16-6-4-10)8-18-19(14(13)20)9-11-1-2-11/h3,8,11,16-17H,1-2,4-7,9H2. The van der Waals surface area contributed by atoms with Crippen molar-refractivity contribution in [1.82, 2.24) is 15.1 Å². The molecule has 0 radical (unpaired) electrons. The Balaban J connectivity index is 1.68. The second kappa shape index (κ2) is 6.10. The fourth-order valence-electron chi connectivity index (χ4n) is 2.30. The van der Waals surface area contributed by atoms with Crippen molar-refractivity contribution in [2.45, 2.75) is 25.8 Å². The van der Waals surface area contributed by atoms with Gasteiger partial charge in [0.15, 0.2) is 0 Å². The highest BCUT2D eigenvalue weighted by Crippen LogP contribution is 2.30. The predicted molar refractivity (Wildman–Crippen MR) is 83.0 cm³/mol. The van der Waals surface area contributed by atoms with Crippen LogP contribution in [0.25, 0.3) is 0 Å². The normalized spacial score (nSPS) is 18.8. The van der Waals surface area contributed by atoms with Crippen LogP contribution >= 0.6 is 15.9 Å². The monoisotopic (exact) mass is 338 g/mol. The van der Waals surface area contributed by atoms with E-state index >= 15 is 0 Å². The number of hydrogen-bond acceptors (Lipinski definition) is 4. The average molecular weight is 339 g/mol. The van der Waals surface area contributed by atoms with E-state index in [1.54, 1.807) is 10.9 Å². The molecule has 0 unspecified atom stereocenters. The molecule has 0 aromatic carbocycles. The van der Waals surface area contributed by atoms with Crippen molar-refractivity contribution in [3.05, 3.63) is 32.7 Å². The van der Waals surface area contributed by atoms with Gasteiger partial charge >= 0.3 is 0 Å². The Hall–Kier alpha value is -1.14. The molecule has 3 rings (SSSR count). The van der Waals surface area contributed by atoms with Gasteiger partial charge in [0.05, 0.1) is 11.9 Å². The molecule has 0 saturated heterocycles. The van der Waals surface area contributed by atoms with Crippen molar-refractivity contribution in [3.8, 4) is 0 Å². The molecular formula is C14H19BrN4O. The van der Waals surface area contributed by atoms with Crippen LogP contribution in [0.5, 0.6) is 0 Å². The third kappa shape index (κ3) is 3.30. The lowest BCUT2D eigenvalue weighted by Crippen LogP contribution is -2.26. The highest BCUT2D eigenvalue weighted by molar-refractivity contribution is 9.10. The molecule has 0 atom stereocenters. The first-order valence-corrected chi connectivity index (χ1v) is 7.91. The summed E-state index contributed by atoms with van der Waals surface area (Å²) in [7, 11) is 0. The zero-order chi connectivity index (χ0) is 13.9. The van der Waals surface area contributed by atoms with Crippen molar-refractivity contribution < 1.29 is 0 Å². The van der Waals surface area contributed by atoms with Gasteiger partial charge < -0.3 is 10.6 Å². The molecule has 2 aliphatic rings. The molecule has 1 aliphatic heterocycles. The van der Waals surface area contributed by atoms with E-state index in [4.69, 9.17) is 0 Å². The van der Waals surface area contributed by atoms with Crippen molar-refractivity contribution in [1.29, 1.82) is 0 Å². The molecule has 6 heteroatoms. The minimum atomic E-state index is -0.0406. The first kappa shape index (κ1) is 13.8. The molecule has 1 fully saturated rings. The van der Waals surface area contributed by atoms with Gasteiger partial charge in [0.2, 0.25) is 0 Å². The zero-order valence-electron chi connectivity index (χ0n) is 11.4. The van der Waals surface area contributed by atoms with Gasteiger partial charge in [0.25, 0.3) is 5.56 Å². The number of nitrogens with one attached hydrogen (secondary N) is 2. The van der Waals surface area contributed by atoms with Crippen molar-refractivity contribution in [2.24, 2.45) is 5.92 Å². The number of rotatable bonds is 5. The first-order valence-electron chi connectivity index (χ1n) is 7.12. The van der Waals surface area contributed by atoms with Crippen LogP contribution in [0.2, 0.25) is 0 Å². The average Bonchev–Trinajstić information content (AvgIpc) is 3.28. The van der Waals surface area contributed by atoms with E-state index in [0.717, 1.165) is 38.3 Å². The van der Waals surface area contributed by atoms with Crippen LogP contribution in [0.4, 0.5) is 5.69 Å². The van der Waals surface area contributed by atoms with Gasteiger partial charge in [-0.25, -0.2) is 4.68 Å². The van der Waals surface area contributed by atoms with Crippen molar-refractivity contribution in [3.63, 3.8) is 0 Å². The number of halogens is 1. The Morgan fingerprint density at radius 3 is 3.05 bits per heavy atom. The van der Waals surface area contributed by atoms with Gasteiger partial charge in [0, 0.05) is 19.6 Å². The lowest BCUT2D eigenvalue weighted by Gasteiger charge is -2.16. The summed E-state index contributed by atoms with van der Waals surface area (Å²) >= 11 is 3.40. The van der Waals surface area contributed by atoms with E-state index in [-0.39, 0.29) is 5.56 Å². The number of nitrogens with zero attached hydrogens (tertiary/aromatic N) is 2. The summed E-state index contributed by atoms with van der Waals surface area (Å²) in [6.07, 6.45) is 7.43. The van der Waals surface area contributed by atoms with Crippen LogP contribution in [-0.4, -0.2) is 29.4 Å². The van der Waals surface area contributed by atoms with Gasteiger partial charge in [-0.1, -0.05) is 11.6 Å². The summed E-state index contributed by atoms with van der Waals surface area (Å²) in [4.78, 5) is 12.2. The summed E-state index contributed by atoms with van der Waals surface area (Å²) < 4.78 is 2.15. The smallest absolute Gasteiger partial charge is 0.283 e. The Kier molecular flexibility index (Phi) is 4.21. The maximum atomic E-state index is 12.2. The molecule has 2 heterocycles. The van der Waals surface area contributed by atoms with Crippen LogP contribution in [0.3, 0.4) is 0 Å². The van der Waals surface area contributed by atoms with E-state index in [2.05, 4.69) is 37.7 Å². The molecule has 1 saturated carbocycles. The van der Waals surface area contributed by atoms with E-state index in [0.29, 0.717) is 10.4 Å². The third-order valence-corrected chi connectivity index (χ3v) is 4.54. The molecule has 0 spiro atoms. The number of hydrogen-bond donors (Lipinski definition) is 2. The zero-order valence-corrected chi connectivity index (χ0v) is 12.9. The van der Waals surface area contributed by atoms with Crippen LogP contribution in [0.1, 0.15) is 19.3 Å². The topological polar surface area (TPSA) is 59.0 Å². The Morgan fingerprint density at radius 2 is 2.35 bits per heavy atom. The quantitative estimate of drug-likeness (QED) is 0.803. The molecule has 20 heavy (non-hydrogen) atoms. The second-order valence-electron chi connectivity index (χ2n) is 5.47. The Labute approximate surface area is 126 Å². The van der Waals surface area contributed by atoms with E-state index < -0.39 is 0 Å². The van der Waals surface area contributed by atoms with Crippen molar-refractivity contribution in [2.75, 3.05) is 25.0 Å². The number of anilines is 1. The minimum absolute atomic E-state index is 0.0406. The summed E-state index contributed by atoms with van der Waals surface area (Å²) in [5.41, 5.74) is 2.11. The third-order valence-electron chi connectivity index (χ3n) is 3.78. The first-order chi connectivity index (χ1) is 9.74. The fraction of sp³-hybridized carbons (Fsp3) is 0.571. The summed E-state index contributed by atoms with van der Waals surface area (Å²) in [5, 5.41) is 10.8. The molecule has 0 amide bonds. The van der Waals surface area contributed by atoms with Gasteiger partial charge in [-0.2, -0.15) is 5.10 Å². The lowest BCUT2D eigenvalue weighted by molar-refractivity contribution is 0.532. The molecular weight excluding hydrogens is 320 g/mol. The molecule has 0 bridgehead atoms. The molecule has 2 N–H and O–H groups in total. The molecule has 108 valence electrons. The minimum Gasteiger partial charge on any atom is -0.379 e. The SMILES string of the molecule is O=c1c(Br)c(NCC2=CCNCC2)cnn1CC1CC1. The summed E-state index contributed by atoms with van der Waals surface area (Å²) in [6.45, 7) is 3.47. The largest absolute Gasteiger partial charge is 0.379 e. The van der Waals surface area contributed by atoms with E-state index in [1.165, 1.54) is 18.4 Å². The highest BCUT2D eigenvalue weighted by atomic mass is 79.9. The Bertz CT molecular complexity index is 577. The number of aromatic nitrogens is 2. The highest BCUT2D eigenvalue weighted by Gasteiger charge is 2.23. The van der Waals surface area contributed by atoms with Crippen LogP contribution in [-0.2, 0) is 6.54 Å². The van der Waals surface area contributed by atoms with Gasteiger partial charge in [0.1, 0.15) is 4.47 Å². The fourth-order valence-corrected chi connectivity index (χ4v) is 2.75. The molecule has 1 aliphatic carbocycles. The van der Waals surface area contributed by atoms with Crippen molar-refractivity contribution >= 4 is 21.6 Å². The summed E-state index contributed by atoms with van der Waals surface area (Å²) in [5.74, 6) is 0.644. The van der Waals surface area contributed by atoms with Gasteiger partial charge in [-0.05, 0) is 47.7 Å². The van der Waals surface area contributed by atoms with E-state index in [9.17, 15) is 4.79 Å². The van der Waals surface area contributed by atoms with E-state index in [1.807, 2.05) is 0 Å². The molecule has 1 aromatic heterocycles. The van der Waals surface area contributed by atoms with Gasteiger partial charge in [-0.15, -0.1) is 0 Å². The second-order valence-corrected chi connectivity index (χ2v) is 6.27. The molecule has 5 nitrogen and oxygen atoms in total. The van der Waals surface area contributed by atoms with Crippen LogP contribution in [0, 0.1) is 5.92 Å². The maximum Gasteiger partial charge on any atom is 0.283 e. The van der Waals surface area contributed by atoms with Crippen LogP contribution < -0.4 is 16.2 Å². The van der Waals surface area contributed by atoms with Crippen LogP contribution in [0.15, 0.2) is 27.1 Å².